The van der Waals surface area contributed by atoms with Gasteiger partial charge in [0, 0.05) is 50.3 Å². The van der Waals surface area contributed by atoms with Gasteiger partial charge in [-0.3, -0.25) is 14.3 Å². The van der Waals surface area contributed by atoms with Crippen molar-refractivity contribution in [3.63, 3.8) is 0 Å². The van der Waals surface area contributed by atoms with Crippen LogP contribution in [-0.4, -0.2) is 39.8 Å². The Bertz CT molecular complexity index is 993. The number of ether oxygens (including phenoxy) is 2. The normalized spacial score (nSPS) is 17.8. The molecule has 8 nitrogen and oxygen atoms in total. The Labute approximate surface area is 175 Å². The number of carbonyl (C=O) groups excluding carboxylic acids is 2. The van der Waals surface area contributed by atoms with Crippen LogP contribution in [0.1, 0.15) is 53.0 Å². The first-order valence-electron chi connectivity index (χ1n) is 10.6. The lowest BCUT2D eigenvalue weighted by molar-refractivity contribution is -0.136. The number of fused-ring (bicyclic) bond motifs is 2. The lowest BCUT2D eigenvalue weighted by Gasteiger charge is -2.29. The maximum absolute atomic E-state index is 12.9. The number of amides is 2. The summed E-state index contributed by atoms with van der Waals surface area (Å²) in [7, 11) is 1.86. The van der Waals surface area contributed by atoms with Crippen LogP contribution < -0.4 is 14.8 Å². The number of carbonyl (C=O) groups is 2. The highest BCUT2D eigenvalue weighted by molar-refractivity contribution is 5.94. The van der Waals surface area contributed by atoms with E-state index in [9.17, 15) is 9.59 Å². The molecular formula is C22H26N4O4. The molecule has 3 aliphatic rings. The van der Waals surface area contributed by atoms with Gasteiger partial charge in [-0.25, -0.2) is 0 Å². The minimum Gasteiger partial charge on any atom is -0.454 e. The molecule has 0 atom stereocenters. The highest BCUT2D eigenvalue weighted by Gasteiger charge is 2.33. The van der Waals surface area contributed by atoms with Crippen LogP contribution in [0.15, 0.2) is 18.2 Å². The van der Waals surface area contributed by atoms with Crippen molar-refractivity contribution in [2.75, 3.05) is 13.3 Å². The van der Waals surface area contributed by atoms with Crippen LogP contribution in [0.3, 0.4) is 0 Å². The van der Waals surface area contributed by atoms with E-state index < -0.39 is 0 Å². The molecule has 8 heteroatoms. The molecule has 1 fully saturated rings. The molecule has 2 aromatic rings. The van der Waals surface area contributed by atoms with Gasteiger partial charge in [0.2, 0.25) is 12.7 Å². The number of hydrogen-bond donors (Lipinski definition) is 1. The molecule has 1 saturated carbocycles. The van der Waals surface area contributed by atoms with Crippen molar-refractivity contribution in [1.82, 2.24) is 20.0 Å². The van der Waals surface area contributed by atoms with Crippen molar-refractivity contribution >= 4 is 11.8 Å². The summed E-state index contributed by atoms with van der Waals surface area (Å²) in [5.74, 6) is 1.56. The lowest BCUT2D eigenvalue weighted by Crippen LogP contribution is -2.40. The predicted octanol–water partition coefficient (Wildman–Crippen LogP) is 2.15. The fourth-order valence-electron chi connectivity index (χ4n) is 4.71. The summed E-state index contributed by atoms with van der Waals surface area (Å²) in [6.07, 6.45) is 4.97. The van der Waals surface area contributed by atoms with Crippen molar-refractivity contribution in [3.05, 3.63) is 40.7 Å². The van der Waals surface area contributed by atoms with Crippen LogP contribution in [0.2, 0.25) is 0 Å². The summed E-state index contributed by atoms with van der Waals surface area (Å²) < 4.78 is 12.5. The van der Waals surface area contributed by atoms with Gasteiger partial charge in [-0.05, 0) is 30.5 Å². The smallest absolute Gasteiger partial charge is 0.272 e. The second-order valence-electron chi connectivity index (χ2n) is 8.26. The highest BCUT2D eigenvalue weighted by atomic mass is 16.7. The van der Waals surface area contributed by atoms with E-state index in [0.717, 1.165) is 54.7 Å². The van der Waals surface area contributed by atoms with Crippen LogP contribution >= 0.6 is 0 Å². The molecule has 5 rings (SSSR count). The summed E-state index contributed by atoms with van der Waals surface area (Å²) >= 11 is 0. The molecule has 3 heterocycles. The van der Waals surface area contributed by atoms with E-state index >= 15 is 0 Å². The Morgan fingerprint density at radius 1 is 1.20 bits per heavy atom. The summed E-state index contributed by atoms with van der Waals surface area (Å²) in [6.45, 7) is 1.75. The maximum Gasteiger partial charge on any atom is 0.272 e. The third kappa shape index (κ3) is 3.40. The molecule has 2 amide bonds. The van der Waals surface area contributed by atoms with E-state index in [2.05, 4.69) is 10.4 Å². The SMILES string of the molecule is Cn1nc(C(=O)NCc2ccc3c(c2)OCO3)c2c1CCN(C(=O)C1CCCC1)C2. The maximum atomic E-state index is 12.9. The van der Waals surface area contributed by atoms with Crippen molar-refractivity contribution in [3.8, 4) is 11.5 Å². The molecular weight excluding hydrogens is 384 g/mol. The molecule has 1 aromatic heterocycles. The molecule has 1 aliphatic carbocycles. The number of aryl methyl sites for hydroxylation is 1. The third-order valence-corrected chi connectivity index (χ3v) is 6.36. The van der Waals surface area contributed by atoms with Gasteiger partial charge in [-0.15, -0.1) is 0 Å². The molecule has 1 aromatic carbocycles. The lowest BCUT2D eigenvalue weighted by atomic mass is 10.0. The van der Waals surface area contributed by atoms with Crippen LogP contribution in [-0.2, 0) is 31.4 Å². The zero-order valence-corrected chi connectivity index (χ0v) is 17.1. The third-order valence-electron chi connectivity index (χ3n) is 6.36. The summed E-state index contributed by atoms with van der Waals surface area (Å²) in [4.78, 5) is 27.7. The zero-order chi connectivity index (χ0) is 20.7. The molecule has 30 heavy (non-hydrogen) atoms. The fraction of sp³-hybridized carbons (Fsp3) is 0.500. The minimum atomic E-state index is -0.223. The first-order chi connectivity index (χ1) is 14.6. The molecule has 0 unspecified atom stereocenters. The van der Waals surface area contributed by atoms with Gasteiger partial charge in [-0.1, -0.05) is 18.9 Å². The summed E-state index contributed by atoms with van der Waals surface area (Å²) in [6, 6.07) is 5.63. The number of hydrogen-bond acceptors (Lipinski definition) is 5. The number of rotatable bonds is 4. The largest absolute Gasteiger partial charge is 0.454 e. The zero-order valence-electron chi connectivity index (χ0n) is 17.1. The van der Waals surface area contributed by atoms with Crippen molar-refractivity contribution in [2.45, 2.75) is 45.2 Å². The Morgan fingerprint density at radius 2 is 2.00 bits per heavy atom. The number of benzene rings is 1. The standard InChI is InChI=1S/C22H26N4O4/c1-25-17-8-9-26(22(28)15-4-2-3-5-15)12-16(17)20(24-25)21(27)23-11-14-6-7-18-19(10-14)30-13-29-18/h6-7,10,15H,2-5,8-9,11-13H2,1H3,(H,23,27). The second-order valence-corrected chi connectivity index (χ2v) is 8.26. The predicted molar refractivity (Wildman–Crippen MR) is 108 cm³/mol. The first kappa shape index (κ1) is 19.0. The van der Waals surface area contributed by atoms with Crippen molar-refractivity contribution < 1.29 is 19.1 Å². The number of nitrogens with zero attached hydrogens (tertiary/aromatic N) is 3. The number of nitrogens with one attached hydrogen (secondary N) is 1. The van der Waals surface area contributed by atoms with E-state index in [-0.39, 0.29) is 24.5 Å². The van der Waals surface area contributed by atoms with Crippen LogP contribution in [0.5, 0.6) is 11.5 Å². The monoisotopic (exact) mass is 410 g/mol. The van der Waals surface area contributed by atoms with Crippen molar-refractivity contribution in [1.29, 1.82) is 0 Å². The molecule has 0 radical (unpaired) electrons. The molecule has 0 spiro atoms. The van der Waals surface area contributed by atoms with E-state index in [1.807, 2.05) is 30.1 Å². The quantitative estimate of drug-likeness (QED) is 0.835. The summed E-state index contributed by atoms with van der Waals surface area (Å²) in [5, 5.41) is 7.43. The molecule has 0 bridgehead atoms. The molecule has 158 valence electrons. The minimum absolute atomic E-state index is 0.145. The van der Waals surface area contributed by atoms with Gasteiger partial charge < -0.3 is 19.7 Å². The van der Waals surface area contributed by atoms with E-state index in [1.54, 1.807) is 4.68 Å². The van der Waals surface area contributed by atoms with Gasteiger partial charge >= 0.3 is 0 Å². The Hall–Kier alpha value is -3.03. The van der Waals surface area contributed by atoms with Crippen molar-refractivity contribution in [2.24, 2.45) is 13.0 Å². The molecule has 0 saturated heterocycles. The Kier molecular flexibility index (Phi) is 4.84. The average molecular weight is 410 g/mol. The molecule has 1 N–H and O–H groups in total. The van der Waals surface area contributed by atoms with Gasteiger partial charge in [0.15, 0.2) is 17.2 Å². The average Bonchev–Trinajstić information content (AvgIpc) is 3.51. The van der Waals surface area contributed by atoms with Crippen LogP contribution in [0.25, 0.3) is 0 Å². The molecule has 2 aliphatic heterocycles. The van der Waals surface area contributed by atoms with E-state index in [4.69, 9.17) is 9.47 Å². The first-order valence-corrected chi connectivity index (χ1v) is 10.6. The van der Waals surface area contributed by atoms with E-state index in [0.29, 0.717) is 31.1 Å². The summed E-state index contributed by atoms with van der Waals surface area (Å²) in [5.41, 5.74) is 3.25. The van der Waals surface area contributed by atoms with Gasteiger partial charge in [0.1, 0.15) is 0 Å². The fourth-order valence-corrected chi connectivity index (χ4v) is 4.71. The van der Waals surface area contributed by atoms with Gasteiger partial charge in [0.25, 0.3) is 5.91 Å². The second kappa shape index (κ2) is 7.66. The van der Waals surface area contributed by atoms with Crippen LogP contribution in [0, 0.1) is 5.92 Å². The van der Waals surface area contributed by atoms with Gasteiger partial charge in [0.05, 0.1) is 0 Å². The highest BCUT2D eigenvalue weighted by Crippen LogP contribution is 2.33. The topological polar surface area (TPSA) is 85.7 Å². The number of aromatic nitrogens is 2. The van der Waals surface area contributed by atoms with Gasteiger partial charge in [-0.2, -0.15) is 5.10 Å². The van der Waals surface area contributed by atoms with E-state index in [1.165, 1.54) is 0 Å². The van der Waals surface area contributed by atoms with Crippen LogP contribution in [0.4, 0.5) is 0 Å². The Morgan fingerprint density at radius 3 is 2.83 bits per heavy atom. The Balaban J connectivity index is 1.29.